The zero-order valence-electron chi connectivity index (χ0n) is 77.5. The highest BCUT2D eigenvalue weighted by molar-refractivity contribution is 7.25. The lowest BCUT2D eigenvalue weighted by molar-refractivity contribution is 0.659. The maximum atomic E-state index is 5.81. The van der Waals surface area contributed by atoms with Gasteiger partial charge in [-0.2, -0.15) is 0 Å². The number of para-hydroxylation sites is 3. The molecule has 0 amide bonds. The maximum absolute atomic E-state index is 5.81. The molecule has 6 heterocycles. The number of pyridine rings is 1. The summed E-state index contributed by atoms with van der Waals surface area (Å²) < 4.78 is 13.2. The van der Waals surface area contributed by atoms with Crippen LogP contribution in [0, 0.1) is 104 Å². The van der Waals surface area contributed by atoms with E-state index >= 15 is 0 Å². The quantitative estimate of drug-likeness (QED) is 0.162. The molecule has 0 fully saturated rings. The monoisotopic (exact) mass is 1690 g/mol. The summed E-state index contributed by atoms with van der Waals surface area (Å²) in [7, 11) is 2.13. The number of aromatic nitrogens is 5. The van der Waals surface area contributed by atoms with E-state index in [0.717, 1.165) is 45.0 Å². The molecule has 0 atom stereocenters. The third kappa shape index (κ3) is 18.2. The topological polar surface area (TPSA) is 61.7 Å². The van der Waals surface area contributed by atoms with Gasteiger partial charge in [0, 0.05) is 115 Å². The summed E-state index contributed by atoms with van der Waals surface area (Å²) in [6, 6.07) is 124. The molecule has 0 unspecified atom stereocenters. The van der Waals surface area contributed by atoms with Crippen molar-refractivity contribution in [2.45, 2.75) is 123 Å². The number of rotatable bonds is 2. The van der Waals surface area contributed by atoms with Crippen molar-refractivity contribution in [1.82, 2.24) is 24.1 Å². The fourth-order valence-corrected chi connectivity index (χ4v) is 19.9. The second-order valence-electron chi connectivity index (χ2n) is 35.7. The molecular formula is C122H111N5OS. The molecular weight excluding hydrogens is 1580 g/mol. The molecule has 0 radical (unpaired) electrons. The lowest BCUT2D eigenvalue weighted by atomic mass is 9.81. The van der Waals surface area contributed by atoms with E-state index in [-0.39, 0.29) is 5.41 Å². The molecule has 1 aliphatic carbocycles. The van der Waals surface area contributed by atoms with E-state index in [9.17, 15) is 0 Å². The summed E-state index contributed by atoms with van der Waals surface area (Å²) in [5.74, 6) is 0.839. The van der Waals surface area contributed by atoms with Crippen LogP contribution in [-0.2, 0) is 12.5 Å². The average Bonchev–Trinajstić information content (AvgIpc) is 1.58. The Labute approximate surface area is 762 Å². The molecule has 6 nitrogen and oxygen atoms in total. The van der Waals surface area contributed by atoms with E-state index in [1.807, 2.05) is 55.5 Å². The maximum Gasteiger partial charge on any atom is 0.135 e. The first-order valence-corrected chi connectivity index (χ1v) is 45.6. The van der Waals surface area contributed by atoms with E-state index in [0.29, 0.717) is 0 Å². The second-order valence-corrected chi connectivity index (χ2v) is 36.8. The van der Waals surface area contributed by atoms with Gasteiger partial charge in [0.05, 0.1) is 16.6 Å². The molecule has 23 aromatic rings. The second kappa shape index (κ2) is 36.9. The van der Waals surface area contributed by atoms with Gasteiger partial charge in [-0.3, -0.25) is 4.98 Å². The van der Waals surface area contributed by atoms with Crippen molar-refractivity contribution in [1.29, 1.82) is 0 Å². The van der Waals surface area contributed by atoms with E-state index in [4.69, 9.17) is 4.42 Å². The predicted molar refractivity (Wildman–Crippen MR) is 557 cm³/mol. The molecule has 636 valence electrons. The smallest absolute Gasteiger partial charge is 0.135 e. The normalized spacial score (nSPS) is 11.7. The van der Waals surface area contributed by atoms with Crippen molar-refractivity contribution in [2.75, 3.05) is 0 Å². The van der Waals surface area contributed by atoms with E-state index < -0.39 is 0 Å². The number of nitrogens with zero attached hydrogens (tertiary/aromatic N) is 5. The molecule has 24 rings (SSSR count). The Morgan fingerprint density at radius 2 is 0.651 bits per heavy atom. The highest BCUT2D eigenvalue weighted by atomic mass is 32.1. The first-order chi connectivity index (χ1) is 62.3. The van der Waals surface area contributed by atoms with Crippen molar-refractivity contribution < 1.29 is 4.42 Å². The van der Waals surface area contributed by atoms with Gasteiger partial charge in [-0.05, 0) is 265 Å². The van der Waals surface area contributed by atoms with Crippen molar-refractivity contribution in [3.05, 3.63) is 441 Å². The van der Waals surface area contributed by atoms with Crippen LogP contribution in [0.5, 0.6) is 0 Å². The van der Waals surface area contributed by atoms with Gasteiger partial charge in [-0.25, -0.2) is 9.97 Å². The van der Waals surface area contributed by atoms with Crippen LogP contribution in [0.3, 0.4) is 0 Å². The van der Waals surface area contributed by atoms with Gasteiger partial charge >= 0.3 is 0 Å². The summed E-state index contributed by atoms with van der Waals surface area (Å²) in [5.41, 5.74) is 35.4. The lowest BCUT2D eigenvalue weighted by Crippen LogP contribution is -2.15. The fraction of sp³-hybridized carbons (Fsp3) is 0.156. The van der Waals surface area contributed by atoms with Crippen LogP contribution in [-0.4, -0.2) is 24.1 Å². The average molecular weight is 1700 g/mol. The highest BCUT2D eigenvalue weighted by Gasteiger charge is 2.35. The third-order valence-electron chi connectivity index (χ3n) is 25.1. The Kier molecular flexibility index (Phi) is 24.8. The molecule has 7 heteroatoms. The van der Waals surface area contributed by atoms with Gasteiger partial charge in [0.15, 0.2) is 0 Å². The van der Waals surface area contributed by atoms with Crippen LogP contribution < -0.4 is 0 Å². The Hall–Kier alpha value is -14.4. The van der Waals surface area contributed by atoms with Crippen molar-refractivity contribution >= 4 is 140 Å². The number of benzene rings is 17. The minimum atomic E-state index is 0.142. The van der Waals surface area contributed by atoms with Gasteiger partial charge in [0.2, 0.25) is 0 Å². The van der Waals surface area contributed by atoms with Gasteiger partial charge in [-0.15, -0.1) is 11.3 Å². The largest absolute Gasteiger partial charge is 0.456 e. The minimum absolute atomic E-state index is 0.142. The molecule has 0 bridgehead atoms. The molecule has 0 N–H and O–H groups in total. The summed E-state index contributed by atoms with van der Waals surface area (Å²) in [4.78, 5) is 13.3. The van der Waals surface area contributed by atoms with E-state index in [1.54, 1.807) is 0 Å². The van der Waals surface area contributed by atoms with E-state index in [2.05, 4.69) is 450 Å². The molecule has 0 spiro atoms. The predicted octanol–water partition coefficient (Wildman–Crippen LogP) is 33.9. The summed E-state index contributed by atoms with van der Waals surface area (Å²) in [5, 5.41) is 19.6. The van der Waals surface area contributed by atoms with Crippen molar-refractivity contribution in [2.24, 2.45) is 7.05 Å². The van der Waals surface area contributed by atoms with Crippen LogP contribution in [0.15, 0.2) is 350 Å². The van der Waals surface area contributed by atoms with Crippen LogP contribution in [0.1, 0.15) is 109 Å². The number of fused-ring (bicyclic) bond motifs is 20. The van der Waals surface area contributed by atoms with Crippen LogP contribution >= 0.6 is 11.3 Å². The Balaban J connectivity index is 0.000000104. The number of hydrogen-bond acceptors (Lipinski definition) is 5. The molecule has 0 saturated heterocycles. The zero-order valence-corrected chi connectivity index (χ0v) is 78.3. The standard InChI is InChI=1S/C20H17N.C17H15N.C17H18.C16H14.C14H13N.C14H12O.C14H12S.C10H10N2/c1-14-8-10-19-17(12-14)18-13-15(2)9-11-20(18)21(19)16-6-4-3-5-7-16;1-12-15-10-6-7-11-16(15)17(13(2)18-12)14-8-4-3-5-9-14;1-11-5-7-13-14-8-6-12(2)10-16(14)17(3,4)15(13)9-11;1-11-3-7-15-13(9-11)5-6-14-10-12(2)4-8-16(14)15;1-10-7-8-12-11-5-3-4-6-13(11)15(2)14(12)9-10;2*1-9-3-5-11-12-6-4-10(2)8-14(12)15-13(11)7-9;1-7-9-5-3-4-6-10(9)12-8(2)11-7/h3-13H,1-2H3;3-11H,1-2H3;5-10H,1-4H3;3-10H,1-2H3;3-9H,1-2H3;2*3-8H,1-2H3;3-6H,1-2H3. The number of aryl methyl sites for hydroxylation is 16. The SMILES string of the molecule is Cc1ccc2c(c1)C(C)(C)c1cc(C)ccc1-2.Cc1ccc2c(c1)c1cc(C)ccc1n2-c1ccccc1.Cc1ccc2c(c1)oc1cc(C)ccc12.Cc1ccc2c(c1)sc1cc(C)ccc12.Cc1ccc2c(ccc3cc(C)ccc32)c1.Cc1ccc2c3ccccc3n(C)c2c1.Cc1nc(C)c2ccccc2c1-c1ccccc1.Cc1nc(C)c2ccccc2n1. The number of thiophene rings is 1. The van der Waals surface area contributed by atoms with Gasteiger partial charge < -0.3 is 13.6 Å². The van der Waals surface area contributed by atoms with Crippen LogP contribution in [0.25, 0.3) is 157 Å². The Morgan fingerprint density at radius 3 is 1.19 bits per heavy atom. The lowest BCUT2D eigenvalue weighted by Gasteiger charge is -2.22. The molecule has 0 saturated carbocycles. The Morgan fingerprint density at radius 1 is 0.264 bits per heavy atom. The molecule has 129 heavy (non-hydrogen) atoms. The first-order valence-electron chi connectivity index (χ1n) is 44.8. The fourth-order valence-electron chi connectivity index (χ4n) is 18.6. The van der Waals surface area contributed by atoms with Gasteiger partial charge in [0.1, 0.15) is 17.0 Å². The number of hydrogen-bond donors (Lipinski definition) is 0. The van der Waals surface area contributed by atoms with Crippen LogP contribution in [0.2, 0.25) is 0 Å². The Bertz CT molecular complexity index is 7750. The van der Waals surface area contributed by atoms with Crippen LogP contribution in [0.4, 0.5) is 0 Å². The summed E-state index contributed by atoms with van der Waals surface area (Å²) in [6.07, 6.45) is 0. The molecule has 17 aromatic carbocycles. The van der Waals surface area contributed by atoms with Crippen molar-refractivity contribution in [3.63, 3.8) is 0 Å². The summed E-state index contributed by atoms with van der Waals surface area (Å²) >= 11 is 1.89. The van der Waals surface area contributed by atoms with Crippen molar-refractivity contribution in [3.8, 4) is 27.9 Å². The van der Waals surface area contributed by atoms with Gasteiger partial charge in [-0.1, -0.05) is 314 Å². The van der Waals surface area contributed by atoms with Gasteiger partial charge in [0.25, 0.3) is 0 Å². The summed E-state index contributed by atoms with van der Waals surface area (Å²) in [6.45, 7) is 36.3. The molecule has 0 aliphatic heterocycles. The molecule has 1 aliphatic rings. The van der Waals surface area contributed by atoms with E-state index in [1.165, 1.54) is 207 Å². The third-order valence-corrected chi connectivity index (χ3v) is 26.2. The first kappa shape index (κ1) is 86.7. The zero-order chi connectivity index (χ0) is 90.1. The molecule has 6 aromatic heterocycles. The highest BCUT2D eigenvalue weighted by Crippen LogP contribution is 2.49. The minimum Gasteiger partial charge on any atom is -0.456 e. The number of furan rings is 1.